The highest BCUT2D eigenvalue weighted by Crippen LogP contribution is 2.24. The van der Waals surface area contributed by atoms with E-state index in [9.17, 15) is 0 Å². The molecule has 1 saturated heterocycles. The number of benzene rings is 1. The van der Waals surface area contributed by atoms with Gasteiger partial charge in [0, 0.05) is 5.39 Å². The number of hydrogen-bond donors (Lipinski definition) is 1. The second kappa shape index (κ2) is 4.30. The summed E-state index contributed by atoms with van der Waals surface area (Å²) in [5.74, 6) is 0.786. The Kier molecular flexibility index (Phi) is 2.66. The van der Waals surface area contributed by atoms with Gasteiger partial charge in [-0.25, -0.2) is 0 Å². The maximum absolute atomic E-state index is 5.43. The average Bonchev–Trinajstić information content (AvgIpc) is 2.80. The molecule has 2 heterocycles. The molecule has 0 aliphatic carbocycles. The lowest BCUT2D eigenvalue weighted by Gasteiger charge is -2.22. The molecule has 0 amide bonds. The number of nitrogens with one attached hydrogen (secondary N) is 1. The summed E-state index contributed by atoms with van der Waals surface area (Å²) in [6.07, 6.45) is 5.62. The van der Waals surface area contributed by atoms with E-state index in [0.717, 1.165) is 18.0 Å². The van der Waals surface area contributed by atoms with Crippen molar-refractivity contribution in [1.29, 1.82) is 0 Å². The SMILES string of the molecule is c1cc(CC2CCCNC2)c2ccoc2c1. The molecule has 0 bridgehead atoms. The summed E-state index contributed by atoms with van der Waals surface area (Å²) in [7, 11) is 0. The zero-order valence-electron chi connectivity index (χ0n) is 9.41. The number of fused-ring (bicyclic) bond motifs is 1. The molecule has 1 N–H and O–H groups in total. The summed E-state index contributed by atoms with van der Waals surface area (Å²) in [5.41, 5.74) is 2.45. The van der Waals surface area contributed by atoms with Crippen LogP contribution in [0.3, 0.4) is 0 Å². The maximum Gasteiger partial charge on any atom is 0.134 e. The average molecular weight is 215 g/mol. The van der Waals surface area contributed by atoms with Crippen molar-refractivity contribution in [3.05, 3.63) is 36.1 Å². The highest BCUT2D eigenvalue weighted by atomic mass is 16.3. The predicted octanol–water partition coefficient (Wildman–Crippen LogP) is 2.97. The Hall–Kier alpha value is -1.28. The molecular weight excluding hydrogens is 198 g/mol. The third kappa shape index (κ3) is 1.85. The molecule has 2 aromatic rings. The first-order valence-electron chi connectivity index (χ1n) is 6.09. The molecule has 2 nitrogen and oxygen atoms in total. The molecule has 0 spiro atoms. The van der Waals surface area contributed by atoms with Gasteiger partial charge in [-0.1, -0.05) is 12.1 Å². The van der Waals surface area contributed by atoms with E-state index >= 15 is 0 Å². The van der Waals surface area contributed by atoms with Crippen LogP contribution in [-0.4, -0.2) is 13.1 Å². The Balaban J connectivity index is 1.85. The van der Waals surface area contributed by atoms with Crippen LogP contribution in [0.5, 0.6) is 0 Å². The van der Waals surface area contributed by atoms with Crippen LogP contribution in [0.15, 0.2) is 34.9 Å². The van der Waals surface area contributed by atoms with Crippen LogP contribution in [0, 0.1) is 5.92 Å². The minimum atomic E-state index is 0.786. The molecule has 1 aliphatic heterocycles. The van der Waals surface area contributed by atoms with Crippen LogP contribution in [0.4, 0.5) is 0 Å². The van der Waals surface area contributed by atoms with Crippen LogP contribution < -0.4 is 5.32 Å². The fourth-order valence-corrected chi connectivity index (χ4v) is 2.64. The second-order valence-corrected chi connectivity index (χ2v) is 4.67. The lowest BCUT2D eigenvalue weighted by Crippen LogP contribution is -2.30. The first-order valence-corrected chi connectivity index (χ1v) is 6.09. The van der Waals surface area contributed by atoms with E-state index in [-0.39, 0.29) is 0 Å². The lowest BCUT2D eigenvalue weighted by molar-refractivity contribution is 0.377. The minimum Gasteiger partial charge on any atom is -0.464 e. The highest BCUT2D eigenvalue weighted by molar-refractivity contribution is 5.80. The molecule has 2 heteroatoms. The summed E-state index contributed by atoms with van der Waals surface area (Å²) in [6, 6.07) is 8.45. The van der Waals surface area contributed by atoms with E-state index in [1.165, 1.54) is 36.8 Å². The van der Waals surface area contributed by atoms with Gasteiger partial charge in [0.05, 0.1) is 6.26 Å². The lowest BCUT2D eigenvalue weighted by atomic mass is 9.91. The smallest absolute Gasteiger partial charge is 0.134 e. The summed E-state index contributed by atoms with van der Waals surface area (Å²) in [5, 5.41) is 4.76. The Bertz CT molecular complexity index is 468. The number of furan rings is 1. The molecule has 1 fully saturated rings. The van der Waals surface area contributed by atoms with E-state index in [1.54, 1.807) is 6.26 Å². The zero-order valence-corrected chi connectivity index (χ0v) is 9.41. The topological polar surface area (TPSA) is 25.2 Å². The Labute approximate surface area is 95.6 Å². The van der Waals surface area contributed by atoms with Crippen LogP contribution in [0.2, 0.25) is 0 Å². The van der Waals surface area contributed by atoms with Crippen molar-refractivity contribution in [3.63, 3.8) is 0 Å². The standard InChI is InChI=1S/C14H17NO/c1-4-12(9-11-3-2-7-15-10-11)13-6-8-16-14(13)5-1/h1,4-6,8,11,15H,2-3,7,9-10H2. The maximum atomic E-state index is 5.43. The van der Waals surface area contributed by atoms with Crippen molar-refractivity contribution in [3.8, 4) is 0 Å². The third-order valence-electron chi connectivity index (χ3n) is 3.49. The number of hydrogen-bond acceptors (Lipinski definition) is 2. The Morgan fingerprint density at radius 1 is 1.31 bits per heavy atom. The first-order chi connectivity index (χ1) is 7.93. The third-order valence-corrected chi connectivity index (χ3v) is 3.49. The molecule has 1 aromatic heterocycles. The van der Waals surface area contributed by atoms with E-state index in [1.807, 2.05) is 6.07 Å². The van der Waals surface area contributed by atoms with Gasteiger partial charge in [0.15, 0.2) is 0 Å². The Morgan fingerprint density at radius 3 is 3.19 bits per heavy atom. The molecule has 16 heavy (non-hydrogen) atoms. The monoisotopic (exact) mass is 215 g/mol. The van der Waals surface area contributed by atoms with Crippen molar-refractivity contribution in [2.75, 3.05) is 13.1 Å². The van der Waals surface area contributed by atoms with Crippen LogP contribution in [-0.2, 0) is 6.42 Å². The summed E-state index contributed by atoms with van der Waals surface area (Å²) in [6.45, 7) is 2.35. The Morgan fingerprint density at radius 2 is 2.31 bits per heavy atom. The summed E-state index contributed by atoms with van der Waals surface area (Å²) >= 11 is 0. The van der Waals surface area contributed by atoms with Crippen LogP contribution in [0.1, 0.15) is 18.4 Å². The molecule has 1 atom stereocenters. The minimum absolute atomic E-state index is 0.786. The van der Waals surface area contributed by atoms with Crippen molar-refractivity contribution in [2.45, 2.75) is 19.3 Å². The number of rotatable bonds is 2. The molecule has 0 radical (unpaired) electrons. The summed E-state index contributed by atoms with van der Waals surface area (Å²) in [4.78, 5) is 0. The molecule has 1 unspecified atom stereocenters. The molecule has 3 rings (SSSR count). The molecule has 1 aromatic carbocycles. The normalized spacial score (nSPS) is 21.4. The molecule has 1 aliphatic rings. The van der Waals surface area contributed by atoms with Crippen molar-refractivity contribution in [2.24, 2.45) is 5.92 Å². The fourth-order valence-electron chi connectivity index (χ4n) is 2.64. The van der Waals surface area contributed by atoms with Gasteiger partial charge in [0.1, 0.15) is 5.58 Å². The van der Waals surface area contributed by atoms with Crippen LogP contribution in [0.25, 0.3) is 11.0 Å². The van der Waals surface area contributed by atoms with Gasteiger partial charge in [-0.05, 0) is 56.0 Å². The van der Waals surface area contributed by atoms with Gasteiger partial charge in [0.2, 0.25) is 0 Å². The second-order valence-electron chi connectivity index (χ2n) is 4.67. The van der Waals surface area contributed by atoms with Crippen molar-refractivity contribution < 1.29 is 4.42 Å². The predicted molar refractivity (Wildman–Crippen MR) is 65.5 cm³/mol. The van der Waals surface area contributed by atoms with Gasteiger partial charge < -0.3 is 9.73 Å². The quantitative estimate of drug-likeness (QED) is 0.833. The van der Waals surface area contributed by atoms with Gasteiger partial charge >= 0.3 is 0 Å². The van der Waals surface area contributed by atoms with E-state index in [4.69, 9.17) is 4.42 Å². The van der Waals surface area contributed by atoms with E-state index in [2.05, 4.69) is 23.5 Å². The van der Waals surface area contributed by atoms with Gasteiger partial charge in [-0.3, -0.25) is 0 Å². The zero-order chi connectivity index (χ0) is 10.8. The molecule has 0 saturated carbocycles. The van der Waals surface area contributed by atoms with E-state index in [0.29, 0.717) is 0 Å². The molecule has 84 valence electrons. The fraction of sp³-hybridized carbons (Fsp3) is 0.429. The molecular formula is C14H17NO. The van der Waals surface area contributed by atoms with E-state index < -0.39 is 0 Å². The van der Waals surface area contributed by atoms with Crippen LogP contribution >= 0.6 is 0 Å². The highest BCUT2D eigenvalue weighted by Gasteiger charge is 2.14. The van der Waals surface area contributed by atoms with Crippen molar-refractivity contribution in [1.82, 2.24) is 5.32 Å². The summed E-state index contributed by atoms with van der Waals surface area (Å²) < 4.78 is 5.43. The van der Waals surface area contributed by atoms with Crippen molar-refractivity contribution >= 4 is 11.0 Å². The number of piperidine rings is 1. The van der Waals surface area contributed by atoms with Gasteiger partial charge in [0.25, 0.3) is 0 Å². The first kappa shape index (κ1) is 9.91. The van der Waals surface area contributed by atoms with Gasteiger partial charge in [-0.2, -0.15) is 0 Å². The largest absolute Gasteiger partial charge is 0.464 e. The van der Waals surface area contributed by atoms with Gasteiger partial charge in [-0.15, -0.1) is 0 Å².